The Kier molecular flexibility index (Phi) is 4.49. The maximum atomic E-state index is 12.3. The number of halogens is 2. The molecule has 1 aromatic rings. The van der Waals surface area contributed by atoms with E-state index in [1.807, 2.05) is 0 Å². The molecular weight excluding hydrogens is 240 g/mol. The summed E-state index contributed by atoms with van der Waals surface area (Å²) in [5, 5.41) is 3.33. The monoisotopic (exact) mass is 257 g/mol. The second kappa shape index (κ2) is 6.11. The zero-order chi connectivity index (χ0) is 13.0. The molecule has 0 radical (unpaired) electrons. The first-order chi connectivity index (χ1) is 8.70. The van der Waals surface area contributed by atoms with E-state index in [0.29, 0.717) is 24.8 Å². The minimum absolute atomic E-state index is 0.189. The standard InChI is InChI=1S/C13H17F2NO2/c1-2-9-8-17-12(7-16-9)10-5-3-4-6-11(10)18-13(14)15/h3-6,9,12-13,16H,2,7-8H2,1H3. The lowest BCUT2D eigenvalue weighted by atomic mass is 10.1. The lowest BCUT2D eigenvalue weighted by Gasteiger charge is -2.30. The minimum Gasteiger partial charge on any atom is -0.434 e. The molecule has 0 amide bonds. The van der Waals surface area contributed by atoms with Crippen LogP contribution in [0.5, 0.6) is 5.75 Å². The van der Waals surface area contributed by atoms with Crippen LogP contribution in [0.1, 0.15) is 25.0 Å². The van der Waals surface area contributed by atoms with Gasteiger partial charge in [-0.25, -0.2) is 0 Å². The van der Waals surface area contributed by atoms with Gasteiger partial charge in [-0.15, -0.1) is 0 Å². The smallest absolute Gasteiger partial charge is 0.387 e. The van der Waals surface area contributed by atoms with Gasteiger partial charge in [0.15, 0.2) is 0 Å². The van der Waals surface area contributed by atoms with Gasteiger partial charge in [0.1, 0.15) is 5.75 Å². The van der Waals surface area contributed by atoms with Crippen LogP contribution in [-0.2, 0) is 4.74 Å². The van der Waals surface area contributed by atoms with Crippen LogP contribution in [-0.4, -0.2) is 25.8 Å². The van der Waals surface area contributed by atoms with Crippen LogP contribution in [0.2, 0.25) is 0 Å². The lowest BCUT2D eigenvalue weighted by molar-refractivity contribution is -0.0544. The van der Waals surface area contributed by atoms with Crippen molar-refractivity contribution >= 4 is 0 Å². The summed E-state index contributed by atoms with van der Waals surface area (Å²) in [4.78, 5) is 0. The average Bonchev–Trinajstić information content (AvgIpc) is 2.39. The van der Waals surface area contributed by atoms with Crippen LogP contribution in [0.15, 0.2) is 24.3 Å². The molecule has 0 spiro atoms. The normalized spacial score (nSPS) is 24.2. The summed E-state index contributed by atoms with van der Waals surface area (Å²) in [7, 11) is 0. The van der Waals surface area contributed by atoms with Gasteiger partial charge in [0.25, 0.3) is 0 Å². The van der Waals surface area contributed by atoms with Gasteiger partial charge in [-0.05, 0) is 12.5 Å². The summed E-state index contributed by atoms with van der Waals surface area (Å²) >= 11 is 0. The molecule has 2 unspecified atom stereocenters. The summed E-state index contributed by atoms with van der Waals surface area (Å²) in [5.74, 6) is 0.189. The molecule has 0 aromatic heterocycles. The number of ether oxygens (including phenoxy) is 2. The molecule has 0 saturated carbocycles. The number of hydrogen-bond acceptors (Lipinski definition) is 3. The fraction of sp³-hybridized carbons (Fsp3) is 0.538. The molecule has 1 aliphatic heterocycles. The van der Waals surface area contributed by atoms with E-state index < -0.39 is 6.61 Å². The van der Waals surface area contributed by atoms with E-state index in [2.05, 4.69) is 17.0 Å². The van der Waals surface area contributed by atoms with Crippen molar-refractivity contribution in [1.29, 1.82) is 0 Å². The molecular formula is C13H17F2NO2. The lowest BCUT2D eigenvalue weighted by Crippen LogP contribution is -2.42. The van der Waals surface area contributed by atoms with Gasteiger partial charge < -0.3 is 14.8 Å². The van der Waals surface area contributed by atoms with Crippen LogP contribution >= 0.6 is 0 Å². The topological polar surface area (TPSA) is 30.5 Å². The van der Waals surface area contributed by atoms with E-state index in [4.69, 9.17) is 4.74 Å². The Labute approximate surface area is 105 Å². The van der Waals surface area contributed by atoms with Crippen molar-refractivity contribution in [1.82, 2.24) is 5.32 Å². The van der Waals surface area contributed by atoms with Crippen molar-refractivity contribution in [3.8, 4) is 5.75 Å². The molecule has 2 rings (SSSR count). The maximum absolute atomic E-state index is 12.3. The Balaban J connectivity index is 2.08. The highest BCUT2D eigenvalue weighted by molar-refractivity contribution is 5.35. The van der Waals surface area contributed by atoms with Crippen molar-refractivity contribution in [2.45, 2.75) is 32.1 Å². The highest BCUT2D eigenvalue weighted by atomic mass is 19.3. The highest BCUT2D eigenvalue weighted by Gasteiger charge is 2.24. The third-order valence-electron chi connectivity index (χ3n) is 3.07. The predicted molar refractivity (Wildman–Crippen MR) is 63.8 cm³/mol. The van der Waals surface area contributed by atoms with Gasteiger partial charge in [0, 0.05) is 18.2 Å². The Morgan fingerprint density at radius 3 is 2.83 bits per heavy atom. The van der Waals surface area contributed by atoms with Crippen molar-refractivity contribution in [2.24, 2.45) is 0 Å². The number of morpholine rings is 1. The van der Waals surface area contributed by atoms with E-state index in [1.54, 1.807) is 18.2 Å². The van der Waals surface area contributed by atoms with Crippen LogP contribution in [0.3, 0.4) is 0 Å². The van der Waals surface area contributed by atoms with Crippen molar-refractivity contribution < 1.29 is 18.3 Å². The van der Waals surface area contributed by atoms with Crippen molar-refractivity contribution in [2.75, 3.05) is 13.2 Å². The van der Waals surface area contributed by atoms with Gasteiger partial charge in [0.2, 0.25) is 0 Å². The Hall–Kier alpha value is -1.20. The quantitative estimate of drug-likeness (QED) is 0.899. The number of rotatable bonds is 4. The molecule has 3 nitrogen and oxygen atoms in total. The number of hydrogen-bond donors (Lipinski definition) is 1. The Morgan fingerprint density at radius 2 is 2.22 bits per heavy atom. The SMILES string of the molecule is CCC1COC(c2ccccc2OC(F)F)CN1. The molecule has 1 heterocycles. The number of nitrogens with one attached hydrogen (secondary N) is 1. The second-order valence-corrected chi connectivity index (χ2v) is 4.25. The first-order valence-electron chi connectivity index (χ1n) is 6.09. The maximum Gasteiger partial charge on any atom is 0.387 e. The molecule has 1 saturated heterocycles. The third-order valence-corrected chi connectivity index (χ3v) is 3.07. The summed E-state index contributed by atoms with van der Waals surface area (Å²) in [5.41, 5.74) is 0.667. The minimum atomic E-state index is -2.81. The van der Waals surface area contributed by atoms with E-state index in [9.17, 15) is 8.78 Å². The second-order valence-electron chi connectivity index (χ2n) is 4.25. The van der Waals surface area contributed by atoms with Crippen molar-refractivity contribution in [3.63, 3.8) is 0 Å². The molecule has 5 heteroatoms. The molecule has 1 aliphatic rings. The third kappa shape index (κ3) is 3.17. The average molecular weight is 257 g/mol. The van der Waals surface area contributed by atoms with Gasteiger partial charge in [-0.2, -0.15) is 8.78 Å². The fourth-order valence-corrected chi connectivity index (χ4v) is 2.04. The molecule has 1 aromatic carbocycles. The van der Waals surface area contributed by atoms with Gasteiger partial charge >= 0.3 is 6.61 Å². The first kappa shape index (κ1) is 13.2. The molecule has 18 heavy (non-hydrogen) atoms. The summed E-state index contributed by atoms with van der Waals surface area (Å²) in [6.07, 6.45) is 0.754. The van der Waals surface area contributed by atoms with E-state index in [0.717, 1.165) is 6.42 Å². The summed E-state index contributed by atoms with van der Waals surface area (Å²) in [6, 6.07) is 7.10. The zero-order valence-corrected chi connectivity index (χ0v) is 10.2. The number of alkyl halides is 2. The van der Waals surface area contributed by atoms with E-state index >= 15 is 0 Å². The largest absolute Gasteiger partial charge is 0.434 e. The van der Waals surface area contributed by atoms with Gasteiger partial charge in [0.05, 0.1) is 12.7 Å². The zero-order valence-electron chi connectivity index (χ0n) is 10.2. The van der Waals surface area contributed by atoms with Crippen LogP contribution < -0.4 is 10.1 Å². The molecule has 0 bridgehead atoms. The fourth-order valence-electron chi connectivity index (χ4n) is 2.04. The molecule has 100 valence electrons. The highest BCUT2D eigenvalue weighted by Crippen LogP contribution is 2.30. The Bertz CT molecular complexity index is 379. The van der Waals surface area contributed by atoms with Crippen LogP contribution in [0.25, 0.3) is 0 Å². The van der Waals surface area contributed by atoms with Crippen LogP contribution in [0.4, 0.5) is 8.78 Å². The summed E-state index contributed by atoms with van der Waals surface area (Å²) in [6.45, 7) is 0.465. The predicted octanol–water partition coefficient (Wildman–Crippen LogP) is 2.73. The number of benzene rings is 1. The molecule has 1 fully saturated rings. The summed E-state index contributed by atoms with van der Waals surface area (Å²) < 4.78 is 34.8. The number of para-hydroxylation sites is 1. The van der Waals surface area contributed by atoms with Crippen molar-refractivity contribution in [3.05, 3.63) is 29.8 Å². The first-order valence-corrected chi connectivity index (χ1v) is 6.09. The molecule has 0 aliphatic carbocycles. The Morgan fingerprint density at radius 1 is 1.44 bits per heavy atom. The van der Waals surface area contributed by atoms with E-state index in [1.165, 1.54) is 6.07 Å². The van der Waals surface area contributed by atoms with Crippen LogP contribution in [0, 0.1) is 0 Å². The molecule has 1 N–H and O–H groups in total. The van der Waals surface area contributed by atoms with E-state index in [-0.39, 0.29) is 11.9 Å². The van der Waals surface area contributed by atoms with Gasteiger partial charge in [-0.1, -0.05) is 25.1 Å². The molecule has 2 atom stereocenters. The van der Waals surface area contributed by atoms with Gasteiger partial charge in [-0.3, -0.25) is 0 Å².